The molecule has 1 aliphatic heterocycles. The van der Waals surface area contributed by atoms with Gasteiger partial charge in [-0.1, -0.05) is 42.7 Å². The number of rotatable bonds is 8. The molecule has 3 rings (SSSR count). The number of halogens is 1. The number of nitrogens with one attached hydrogen (secondary N) is 1. The van der Waals surface area contributed by atoms with Gasteiger partial charge in [0.05, 0.1) is 15.5 Å². The molecule has 0 bridgehead atoms. The number of anilines is 1. The molecule has 0 saturated carbocycles. The van der Waals surface area contributed by atoms with Crippen LogP contribution in [0.15, 0.2) is 23.1 Å². The van der Waals surface area contributed by atoms with Crippen LogP contribution in [0, 0.1) is 0 Å². The van der Waals surface area contributed by atoms with Crippen molar-refractivity contribution in [3.63, 3.8) is 0 Å². The third-order valence-corrected chi connectivity index (χ3v) is 7.69. The van der Waals surface area contributed by atoms with E-state index in [0.717, 1.165) is 43.5 Å². The van der Waals surface area contributed by atoms with Crippen LogP contribution < -0.4 is 5.32 Å². The van der Waals surface area contributed by atoms with Crippen LogP contribution in [0.3, 0.4) is 0 Å². The van der Waals surface area contributed by atoms with E-state index in [2.05, 4.69) is 22.4 Å². The van der Waals surface area contributed by atoms with Crippen molar-refractivity contribution in [2.75, 3.05) is 18.4 Å². The van der Waals surface area contributed by atoms with Crippen LogP contribution >= 0.6 is 22.9 Å². The Morgan fingerprint density at radius 1 is 1.25 bits per heavy atom. The average Bonchev–Trinajstić information content (AvgIpc) is 3.34. The minimum Gasteiger partial charge on any atom is -0.296 e. The summed E-state index contributed by atoms with van der Waals surface area (Å²) in [5.41, 5.74) is 0.102. The van der Waals surface area contributed by atoms with Crippen LogP contribution in [-0.2, 0) is 16.4 Å². The lowest BCUT2D eigenvalue weighted by molar-refractivity contribution is 0.102. The van der Waals surface area contributed by atoms with Crippen molar-refractivity contribution in [2.24, 2.45) is 0 Å². The van der Waals surface area contributed by atoms with Crippen molar-refractivity contribution in [1.29, 1.82) is 0 Å². The highest BCUT2D eigenvalue weighted by Crippen LogP contribution is 2.26. The van der Waals surface area contributed by atoms with E-state index in [1.807, 2.05) is 0 Å². The maximum absolute atomic E-state index is 12.7. The molecule has 10 heteroatoms. The van der Waals surface area contributed by atoms with E-state index in [1.165, 1.54) is 33.8 Å². The fraction of sp³-hybridized carbons (Fsp3) is 0.500. The van der Waals surface area contributed by atoms with Crippen LogP contribution in [0.4, 0.5) is 5.13 Å². The number of sulfonamides is 1. The summed E-state index contributed by atoms with van der Waals surface area (Å²) >= 11 is 7.47. The molecule has 0 spiro atoms. The maximum Gasteiger partial charge on any atom is 0.259 e. The molecule has 0 radical (unpaired) electrons. The Morgan fingerprint density at radius 3 is 2.71 bits per heavy atom. The van der Waals surface area contributed by atoms with Gasteiger partial charge in [0.1, 0.15) is 5.01 Å². The first-order valence-electron chi connectivity index (χ1n) is 9.35. The normalized spacial score (nSPS) is 15.1. The molecule has 1 aliphatic rings. The first-order chi connectivity index (χ1) is 13.4. The Hall–Kier alpha value is -1.55. The first-order valence-corrected chi connectivity index (χ1v) is 12.0. The van der Waals surface area contributed by atoms with E-state index in [1.54, 1.807) is 0 Å². The summed E-state index contributed by atoms with van der Waals surface area (Å²) in [6.45, 7) is 3.13. The number of carbonyl (C=O) groups is 1. The van der Waals surface area contributed by atoms with Gasteiger partial charge >= 0.3 is 0 Å². The zero-order valence-electron chi connectivity index (χ0n) is 15.6. The number of unbranched alkanes of at least 4 members (excludes halogenated alkanes) is 2. The lowest BCUT2D eigenvalue weighted by Gasteiger charge is -2.16. The van der Waals surface area contributed by atoms with E-state index < -0.39 is 15.9 Å². The SMILES string of the molecule is CCCCCc1nnc(NC(=O)c2cc(S(=O)(=O)N3CCCC3)ccc2Cl)s1. The number of hydrogen-bond donors (Lipinski definition) is 1. The number of benzene rings is 1. The van der Waals surface area contributed by atoms with Crippen LogP contribution in [0.25, 0.3) is 0 Å². The molecule has 28 heavy (non-hydrogen) atoms. The molecule has 0 aliphatic carbocycles. The average molecular weight is 443 g/mol. The van der Waals surface area contributed by atoms with Gasteiger partial charge in [-0.05, 0) is 37.5 Å². The van der Waals surface area contributed by atoms with E-state index in [-0.39, 0.29) is 15.5 Å². The Labute approximate surface area is 174 Å². The molecule has 2 heterocycles. The number of aryl methyl sites for hydroxylation is 1. The Bertz CT molecular complexity index is 940. The van der Waals surface area contributed by atoms with Gasteiger partial charge in [0.2, 0.25) is 15.2 Å². The van der Waals surface area contributed by atoms with E-state index in [0.29, 0.717) is 18.2 Å². The van der Waals surface area contributed by atoms with Crippen molar-refractivity contribution in [1.82, 2.24) is 14.5 Å². The predicted molar refractivity (Wildman–Crippen MR) is 111 cm³/mol. The topological polar surface area (TPSA) is 92.3 Å². The highest BCUT2D eigenvalue weighted by molar-refractivity contribution is 7.89. The molecule has 1 aromatic carbocycles. The minimum atomic E-state index is -3.62. The van der Waals surface area contributed by atoms with E-state index in [9.17, 15) is 13.2 Å². The van der Waals surface area contributed by atoms with Gasteiger partial charge in [0, 0.05) is 19.5 Å². The molecule has 1 amide bonds. The lowest BCUT2D eigenvalue weighted by atomic mass is 10.2. The number of amides is 1. The van der Waals surface area contributed by atoms with Gasteiger partial charge in [-0.3, -0.25) is 10.1 Å². The molecule has 0 unspecified atom stereocenters. The molecular weight excluding hydrogens is 420 g/mol. The summed E-state index contributed by atoms with van der Waals surface area (Å²) in [7, 11) is -3.62. The lowest BCUT2D eigenvalue weighted by Crippen LogP contribution is -2.28. The third kappa shape index (κ3) is 4.89. The highest BCUT2D eigenvalue weighted by atomic mass is 35.5. The summed E-state index contributed by atoms with van der Waals surface area (Å²) in [6.07, 6.45) is 5.79. The van der Waals surface area contributed by atoms with Gasteiger partial charge in [-0.25, -0.2) is 8.42 Å². The van der Waals surface area contributed by atoms with Crippen LogP contribution in [0.1, 0.15) is 54.4 Å². The highest BCUT2D eigenvalue weighted by Gasteiger charge is 2.28. The molecule has 1 N–H and O–H groups in total. The molecule has 1 aromatic heterocycles. The Balaban J connectivity index is 1.75. The molecular formula is C18H23ClN4O3S2. The quantitative estimate of drug-likeness (QED) is 0.624. The third-order valence-electron chi connectivity index (χ3n) is 4.57. The smallest absolute Gasteiger partial charge is 0.259 e. The van der Waals surface area contributed by atoms with Crippen molar-refractivity contribution < 1.29 is 13.2 Å². The summed E-state index contributed by atoms with van der Waals surface area (Å²) in [5.74, 6) is -0.500. The second-order valence-electron chi connectivity index (χ2n) is 6.67. The van der Waals surface area contributed by atoms with Crippen LogP contribution in [0.2, 0.25) is 5.02 Å². The summed E-state index contributed by atoms with van der Waals surface area (Å²) in [5, 5.41) is 12.2. The summed E-state index contributed by atoms with van der Waals surface area (Å²) in [4.78, 5) is 12.7. The van der Waals surface area contributed by atoms with Gasteiger partial charge in [-0.2, -0.15) is 4.31 Å². The number of nitrogens with zero attached hydrogens (tertiary/aromatic N) is 3. The van der Waals surface area contributed by atoms with Gasteiger partial charge in [-0.15, -0.1) is 10.2 Å². The fourth-order valence-electron chi connectivity index (χ4n) is 3.01. The zero-order chi connectivity index (χ0) is 20.1. The van der Waals surface area contributed by atoms with Crippen LogP contribution in [0.5, 0.6) is 0 Å². The standard InChI is InChI=1S/C18H23ClN4O3S2/c1-2-3-4-7-16-21-22-18(27-16)20-17(24)14-12-13(8-9-15(14)19)28(25,26)23-10-5-6-11-23/h8-9,12H,2-7,10-11H2,1H3,(H,20,22,24). The van der Waals surface area contributed by atoms with E-state index >= 15 is 0 Å². The molecule has 2 aromatic rings. The monoisotopic (exact) mass is 442 g/mol. The zero-order valence-corrected chi connectivity index (χ0v) is 18.0. The summed E-state index contributed by atoms with van der Waals surface area (Å²) in [6, 6.07) is 4.20. The van der Waals surface area contributed by atoms with Gasteiger partial charge in [0.15, 0.2) is 0 Å². The van der Waals surface area contributed by atoms with Gasteiger partial charge < -0.3 is 0 Å². The fourth-order valence-corrected chi connectivity index (χ4v) is 5.54. The van der Waals surface area contributed by atoms with E-state index in [4.69, 9.17) is 11.6 Å². The second-order valence-corrected chi connectivity index (χ2v) is 10.1. The van der Waals surface area contributed by atoms with Crippen LogP contribution in [-0.4, -0.2) is 41.9 Å². The molecule has 7 nitrogen and oxygen atoms in total. The van der Waals surface area contributed by atoms with Crippen molar-refractivity contribution in [2.45, 2.75) is 50.3 Å². The Kier molecular flexibility index (Phi) is 7.03. The van der Waals surface area contributed by atoms with Crippen molar-refractivity contribution in [3.8, 4) is 0 Å². The molecule has 1 fully saturated rings. The second kappa shape index (κ2) is 9.30. The predicted octanol–water partition coefficient (Wildman–Crippen LogP) is 3.96. The summed E-state index contributed by atoms with van der Waals surface area (Å²) < 4.78 is 26.9. The molecule has 1 saturated heterocycles. The first kappa shape index (κ1) is 21.2. The molecule has 152 valence electrons. The number of hydrogen-bond acceptors (Lipinski definition) is 6. The maximum atomic E-state index is 12.7. The number of carbonyl (C=O) groups excluding carboxylic acids is 1. The number of aromatic nitrogens is 2. The van der Waals surface area contributed by atoms with Gasteiger partial charge in [0.25, 0.3) is 5.91 Å². The minimum absolute atomic E-state index is 0.0708. The largest absolute Gasteiger partial charge is 0.296 e. The van der Waals surface area contributed by atoms with Crippen molar-refractivity contribution >= 4 is 44.0 Å². The van der Waals surface area contributed by atoms with Crippen molar-refractivity contribution in [3.05, 3.63) is 33.8 Å². The Morgan fingerprint density at radius 2 is 2.00 bits per heavy atom. The molecule has 0 atom stereocenters.